The number of hydrogen-bond acceptors (Lipinski definition) is 5. The second-order valence-electron chi connectivity index (χ2n) is 5.64. The number of aromatic hydroxyl groups is 1. The number of aliphatic hydroxyl groups is 1. The maximum atomic E-state index is 12.2. The lowest BCUT2D eigenvalue weighted by atomic mass is 10.1. The van der Waals surface area contributed by atoms with Crippen molar-refractivity contribution in [1.82, 2.24) is 5.32 Å². The summed E-state index contributed by atoms with van der Waals surface area (Å²) in [5.41, 5.74) is 0.0785. The van der Waals surface area contributed by atoms with E-state index < -0.39 is 11.9 Å². The van der Waals surface area contributed by atoms with E-state index in [4.69, 9.17) is 32.7 Å². The Bertz CT molecular complexity index is 818. The molecule has 8 heteroatoms. The Morgan fingerprint density at radius 3 is 2.30 bits per heavy atom. The van der Waals surface area contributed by atoms with Crippen molar-refractivity contribution in [2.24, 2.45) is 0 Å². The molecule has 3 N–H and O–H groups in total. The number of amides is 1. The third-order valence-electron chi connectivity index (χ3n) is 3.53. The van der Waals surface area contributed by atoms with Crippen molar-refractivity contribution in [2.45, 2.75) is 13.0 Å². The van der Waals surface area contributed by atoms with Crippen molar-refractivity contribution in [2.75, 3.05) is 13.2 Å². The zero-order valence-corrected chi connectivity index (χ0v) is 16.0. The van der Waals surface area contributed by atoms with E-state index in [1.165, 1.54) is 18.2 Å². The average Bonchev–Trinajstić information content (AvgIpc) is 2.58. The van der Waals surface area contributed by atoms with Crippen molar-refractivity contribution in [1.29, 1.82) is 0 Å². The van der Waals surface area contributed by atoms with Gasteiger partial charge < -0.3 is 25.0 Å². The van der Waals surface area contributed by atoms with E-state index in [1.54, 1.807) is 25.1 Å². The SMILES string of the molecule is C=C(O)[C@H](C)NC(=O)c1c(Cl)cc(OCCOc2cccc(O)c2)cc1Cl. The van der Waals surface area contributed by atoms with Crippen molar-refractivity contribution in [3.05, 3.63) is 64.3 Å². The van der Waals surface area contributed by atoms with Crippen molar-refractivity contribution in [3.8, 4) is 17.2 Å². The van der Waals surface area contributed by atoms with Gasteiger partial charge in [0.05, 0.1) is 21.7 Å². The molecule has 0 radical (unpaired) electrons. The minimum absolute atomic E-state index is 0.0785. The largest absolute Gasteiger partial charge is 0.511 e. The number of aliphatic hydroxyl groups excluding tert-OH is 1. The van der Waals surface area contributed by atoms with Crippen LogP contribution in [0.15, 0.2) is 48.7 Å². The Kier molecular flexibility index (Phi) is 7.21. The molecule has 0 spiro atoms. The topological polar surface area (TPSA) is 88.0 Å². The van der Waals surface area contributed by atoms with Crippen LogP contribution in [-0.4, -0.2) is 35.4 Å². The van der Waals surface area contributed by atoms with Crippen LogP contribution in [0, 0.1) is 0 Å². The van der Waals surface area contributed by atoms with Crippen molar-refractivity contribution >= 4 is 29.1 Å². The molecule has 2 aromatic rings. The third kappa shape index (κ3) is 5.98. The first kappa shape index (κ1) is 20.7. The first-order valence-electron chi connectivity index (χ1n) is 8.00. The molecular formula is C19H19Cl2NO5. The fourth-order valence-electron chi connectivity index (χ4n) is 2.09. The van der Waals surface area contributed by atoms with Gasteiger partial charge in [-0.15, -0.1) is 0 Å². The number of carbonyl (C=O) groups is 1. The summed E-state index contributed by atoms with van der Waals surface area (Å²) in [6, 6.07) is 8.70. The molecule has 0 aliphatic heterocycles. The highest BCUT2D eigenvalue weighted by atomic mass is 35.5. The maximum Gasteiger partial charge on any atom is 0.254 e. The van der Waals surface area contributed by atoms with Gasteiger partial charge in [-0.1, -0.05) is 35.8 Å². The summed E-state index contributed by atoms with van der Waals surface area (Å²) in [4.78, 5) is 12.2. The van der Waals surface area contributed by atoms with Crippen LogP contribution >= 0.6 is 23.2 Å². The molecular weight excluding hydrogens is 393 g/mol. The number of benzene rings is 2. The van der Waals surface area contributed by atoms with E-state index in [0.717, 1.165) is 0 Å². The molecule has 6 nitrogen and oxygen atoms in total. The van der Waals surface area contributed by atoms with E-state index in [1.807, 2.05) is 0 Å². The number of phenols is 1. The van der Waals surface area contributed by atoms with E-state index in [2.05, 4.69) is 11.9 Å². The van der Waals surface area contributed by atoms with Gasteiger partial charge in [-0.3, -0.25) is 4.79 Å². The molecule has 1 atom stereocenters. The van der Waals surface area contributed by atoms with Crippen LogP contribution in [0.3, 0.4) is 0 Å². The lowest BCUT2D eigenvalue weighted by Crippen LogP contribution is -2.34. The molecule has 27 heavy (non-hydrogen) atoms. The fraction of sp³-hybridized carbons (Fsp3) is 0.211. The summed E-state index contributed by atoms with van der Waals surface area (Å²) in [7, 11) is 0. The van der Waals surface area contributed by atoms with E-state index >= 15 is 0 Å². The van der Waals surface area contributed by atoms with E-state index in [-0.39, 0.29) is 40.3 Å². The summed E-state index contributed by atoms with van der Waals surface area (Å²) in [6.07, 6.45) is 0. The summed E-state index contributed by atoms with van der Waals surface area (Å²) >= 11 is 12.3. The lowest BCUT2D eigenvalue weighted by Gasteiger charge is -2.15. The van der Waals surface area contributed by atoms with Crippen LogP contribution in [0.4, 0.5) is 0 Å². The molecule has 0 aromatic heterocycles. The number of carbonyl (C=O) groups excluding carboxylic acids is 1. The maximum absolute atomic E-state index is 12.2. The van der Waals surface area contributed by atoms with Gasteiger partial charge in [0.25, 0.3) is 5.91 Å². The molecule has 0 aliphatic rings. The van der Waals surface area contributed by atoms with Crippen LogP contribution in [0.2, 0.25) is 10.0 Å². The van der Waals surface area contributed by atoms with E-state index in [0.29, 0.717) is 11.5 Å². The molecule has 0 unspecified atom stereocenters. The predicted octanol–water partition coefficient (Wildman–Crippen LogP) is 4.35. The number of hydrogen-bond donors (Lipinski definition) is 3. The summed E-state index contributed by atoms with van der Waals surface area (Å²) in [6.45, 7) is 5.37. The minimum Gasteiger partial charge on any atom is -0.511 e. The number of halogens is 2. The molecule has 0 saturated heterocycles. The highest BCUT2D eigenvalue weighted by Crippen LogP contribution is 2.30. The second-order valence-corrected chi connectivity index (χ2v) is 6.46. The monoisotopic (exact) mass is 411 g/mol. The lowest BCUT2D eigenvalue weighted by molar-refractivity contribution is 0.0937. The number of nitrogens with one attached hydrogen (secondary N) is 1. The fourth-order valence-corrected chi connectivity index (χ4v) is 2.73. The Morgan fingerprint density at radius 1 is 1.15 bits per heavy atom. The Hall–Kier alpha value is -2.57. The Labute approximate surface area is 166 Å². The molecule has 0 fully saturated rings. The second kappa shape index (κ2) is 9.39. The van der Waals surface area contributed by atoms with Gasteiger partial charge in [0, 0.05) is 6.07 Å². The third-order valence-corrected chi connectivity index (χ3v) is 4.12. The molecule has 2 aromatic carbocycles. The van der Waals surface area contributed by atoms with E-state index in [9.17, 15) is 15.0 Å². The minimum atomic E-state index is -0.643. The highest BCUT2D eigenvalue weighted by molar-refractivity contribution is 6.39. The molecule has 1 amide bonds. The molecule has 0 saturated carbocycles. The summed E-state index contributed by atoms with van der Waals surface area (Å²) in [5.74, 6) is 0.288. The van der Waals surface area contributed by atoms with Gasteiger partial charge in [0.2, 0.25) is 0 Å². The molecule has 0 heterocycles. The van der Waals surface area contributed by atoms with Crippen molar-refractivity contribution in [3.63, 3.8) is 0 Å². The van der Waals surface area contributed by atoms with Crippen LogP contribution in [0.5, 0.6) is 17.2 Å². The zero-order chi connectivity index (χ0) is 20.0. The van der Waals surface area contributed by atoms with Gasteiger partial charge in [0.15, 0.2) is 0 Å². The average molecular weight is 412 g/mol. The summed E-state index contributed by atoms with van der Waals surface area (Å²) < 4.78 is 11.0. The van der Waals surface area contributed by atoms with Crippen LogP contribution in [-0.2, 0) is 0 Å². The molecule has 0 aliphatic carbocycles. The molecule has 2 rings (SSSR count). The molecule has 144 valence electrons. The Balaban J connectivity index is 1.95. The first-order chi connectivity index (χ1) is 12.8. The number of phenolic OH excluding ortho intramolecular Hbond substituents is 1. The van der Waals surface area contributed by atoms with Crippen LogP contribution in [0.1, 0.15) is 17.3 Å². The summed E-state index contributed by atoms with van der Waals surface area (Å²) in [5, 5.41) is 21.4. The van der Waals surface area contributed by atoms with Gasteiger partial charge in [-0.05, 0) is 31.2 Å². The molecule has 0 bridgehead atoms. The van der Waals surface area contributed by atoms with Crippen LogP contribution in [0.25, 0.3) is 0 Å². The normalized spacial score (nSPS) is 11.5. The zero-order valence-electron chi connectivity index (χ0n) is 14.5. The number of rotatable bonds is 8. The number of ether oxygens (including phenoxy) is 2. The van der Waals surface area contributed by atoms with Crippen molar-refractivity contribution < 1.29 is 24.5 Å². The highest BCUT2D eigenvalue weighted by Gasteiger charge is 2.19. The van der Waals surface area contributed by atoms with Gasteiger partial charge >= 0.3 is 0 Å². The quantitative estimate of drug-likeness (QED) is 0.443. The Morgan fingerprint density at radius 2 is 1.74 bits per heavy atom. The standard InChI is InChI=1S/C19H19Cl2NO5/c1-11(12(2)23)22-19(25)18-16(20)9-15(10-17(18)21)27-7-6-26-14-5-3-4-13(24)8-14/h3-5,8-11,23-24H,2,6-7H2,1H3,(H,22,25)/t11-/m0/s1. The van der Waals surface area contributed by atoms with Gasteiger partial charge in [-0.25, -0.2) is 0 Å². The first-order valence-corrected chi connectivity index (χ1v) is 8.76. The van der Waals surface area contributed by atoms with Gasteiger partial charge in [0.1, 0.15) is 36.2 Å². The van der Waals surface area contributed by atoms with Gasteiger partial charge in [-0.2, -0.15) is 0 Å². The smallest absolute Gasteiger partial charge is 0.254 e. The predicted molar refractivity (Wildman–Crippen MR) is 104 cm³/mol. The van der Waals surface area contributed by atoms with Crippen LogP contribution < -0.4 is 14.8 Å².